The Morgan fingerprint density at radius 1 is 0.917 bits per heavy atom. The summed E-state index contributed by atoms with van der Waals surface area (Å²) in [6.07, 6.45) is -7.43. The van der Waals surface area contributed by atoms with Crippen LogP contribution in [0.15, 0.2) is 0 Å². The average molecular weight is 324 g/mol. The topological polar surface area (TPSA) is 0 Å². The Hall–Kier alpha value is 0.540. The highest BCUT2D eigenvalue weighted by Crippen LogP contribution is 2.47. The summed E-state index contributed by atoms with van der Waals surface area (Å²) in [5.74, 6) is 0. The van der Waals surface area contributed by atoms with Crippen molar-refractivity contribution in [3.8, 4) is 0 Å². The van der Waals surface area contributed by atoms with Crippen LogP contribution in [0, 0.1) is 0 Å². The largest absolute Gasteiger partial charge is 0.347 e. The van der Waals surface area contributed by atoms with Crippen LogP contribution in [0.25, 0.3) is 0 Å². The van der Waals surface area contributed by atoms with Gasteiger partial charge < -0.3 is 0 Å². The molecule has 2 atom stereocenters. The van der Waals surface area contributed by atoms with Gasteiger partial charge in [0.1, 0.15) is 0 Å². The first-order valence-corrected chi connectivity index (χ1v) is 4.06. The Labute approximate surface area is 80.6 Å². The van der Waals surface area contributed by atoms with E-state index < -0.39 is 22.0 Å². The molecular weight excluding hydrogens is 322 g/mol. The van der Waals surface area contributed by atoms with Crippen LogP contribution in [0.5, 0.6) is 0 Å². The predicted octanol–water partition coefficient (Wildman–Crippen LogP) is 3.64. The third-order valence-electron chi connectivity index (χ3n) is 0.946. The molecule has 2 unspecified atom stereocenters. The molecule has 0 aliphatic rings. The van der Waals surface area contributed by atoms with Crippen molar-refractivity contribution in [1.82, 2.24) is 0 Å². The van der Waals surface area contributed by atoms with Gasteiger partial charge in [-0.3, -0.25) is 0 Å². The van der Waals surface area contributed by atoms with Crippen LogP contribution in [-0.4, -0.2) is 22.0 Å². The Morgan fingerprint density at radius 2 is 1.25 bits per heavy atom. The first kappa shape index (κ1) is 12.5. The second-order valence-corrected chi connectivity index (χ2v) is 4.01. The molecule has 0 heterocycles. The molecule has 0 saturated heterocycles. The number of rotatable bonds is 3. The molecule has 74 valence electrons. The summed E-state index contributed by atoms with van der Waals surface area (Å²) in [5, 5.41) is 0. The number of hydrogen-bond acceptors (Lipinski definition) is 0. The SMILES string of the molecule is FC(F)C(F)C(F)(Br)C(F)(F)Br. The van der Waals surface area contributed by atoms with Crippen LogP contribution < -0.4 is 0 Å². The molecule has 0 aromatic heterocycles. The smallest absolute Gasteiger partial charge is 0.236 e. The molecule has 0 bridgehead atoms. The monoisotopic (exact) mass is 322 g/mol. The van der Waals surface area contributed by atoms with Crippen LogP contribution in [-0.2, 0) is 0 Å². The van der Waals surface area contributed by atoms with E-state index in [1.54, 1.807) is 15.9 Å². The molecule has 0 nitrogen and oxygen atoms in total. The zero-order chi connectivity index (χ0) is 10.2. The molecule has 0 aliphatic heterocycles. The standard InChI is InChI=1S/C4H2Br2F6/c5-3(10,4(6,11)12)1(7)2(8)9/h1-2H. The molecule has 0 aromatic rings. The van der Waals surface area contributed by atoms with Gasteiger partial charge in [-0.15, -0.1) is 0 Å². The lowest BCUT2D eigenvalue weighted by atomic mass is 10.2. The zero-order valence-electron chi connectivity index (χ0n) is 5.18. The molecule has 8 heteroatoms. The van der Waals surface area contributed by atoms with Gasteiger partial charge in [0.2, 0.25) is 6.17 Å². The predicted molar refractivity (Wildman–Crippen MR) is 37.5 cm³/mol. The summed E-state index contributed by atoms with van der Waals surface area (Å²) in [5.41, 5.74) is 0. The second-order valence-electron chi connectivity index (χ2n) is 1.86. The molecule has 0 rings (SSSR count). The first-order chi connectivity index (χ1) is 5.10. The molecule has 12 heavy (non-hydrogen) atoms. The Morgan fingerprint density at radius 3 is 1.33 bits per heavy atom. The van der Waals surface area contributed by atoms with Gasteiger partial charge >= 0.3 is 4.83 Å². The van der Waals surface area contributed by atoms with Crippen LogP contribution in [0.1, 0.15) is 0 Å². The van der Waals surface area contributed by atoms with E-state index in [0.717, 1.165) is 0 Å². The number of hydrogen-bond donors (Lipinski definition) is 0. The lowest BCUT2D eigenvalue weighted by molar-refractivity contribution is -0.0860. The number of halogens is 8. The summed E-state index contributed by atoms with van der Waals surface area (Å²) in [4.78, 5) is -4.39. The third-order valence-corrected chi connectivity index (χ3v) is 2.99. The Bertz CT molecular complexity index is 152. The maximum Gasteiger partial charge on any atom is 0.347 e. The van der Waals surface area contributed by atoms with Gasteiger partial charge in [0.25, 0.3) is 11.0 Å². The zero-order valence-corrected chi connectivity index (χ0v) is 8.35. The minimum Gasteiger partial charge on any atom is -0.236 e. The quantitative estimate of drug-likeness (QED) is 0.549. The first-order valence-electron chi connectivity index (χ1n) is 2.47. The van der Waals surface area contributed by atoms with Crippen molar-refractivity contribution < 1.29 is 26.3 Å². The minimum atomic E-state index is -4.39. The van der Waals surface area contributed by atoms with Crippen molar-refractivity contribution >= 4 is 31.9 Å². The van der Waals surface area contributed by atoms with Crippen molar-refractivity contribution in [2.75, 3.05) is 0 Å². The molecule has 0 spiro atoms. The Balaban J connectivity index is 4.61. The van der Waals surface area contributed by atoms with E-state index in [0.29, 0.717) is 0 Å². The van der Waals surface area contributed by atoms with Crippen molar-refractivity contribution in [2.24, 2.45) is 0 Å². The fourth-order valence-corrected chi connectivity index (χ4v) is 0.733. The van der Waals surface area contributed by atoms with Crippen molar-refractivity contribution in [1.29, 1.82) is 0 Å². The van der Waals surface area contributed by atoms with E-state index in [9.17, 15) is 26.3 Å². The summed E-state index contributed by atoms with van der Waals surface area (Å²) >= 11 is 2.99. The fourth-order valence-electron chi connectivity index (χ4n) is 0.315. The van der Waals surface area contributed by atoms with E-state index >= 15 is 0 Å². The van der Waals surface area contributed by atoms with Crippen molar-refractivity contribution in [3.63, 3.8) is 0 Å². The highest BCUT2D eigenvalue weighted by Gasteiger charge is 2.60. The molecule has 0 fully saturated rings. The average Bonchev–Trinajstić information content (AvgIpc) is 1.83. The minimum absolute atomic E-state index is 1.44. The van der Waals surface area contributed by atoms with Gasteiger partial charge in [-0.25, -0.2) is 17.6 Å². The van der Waals surface area contributed by atoms with E-state index in [1.165, 1.54) is 15.9 Å². The molecule has 0 aromatic carbocycles. The van der Waals surface area contributed by atoms with Crippen LogP contribution in [0.4, 0.5) is 26.3 Å². The normalized spacial score (nSPS) is 20.8. The van der Waals surface area contributed by atoms with Gasteiger partial charge in [0.05, 0.1) is 0 Å². The molecule has 0 aliphatic carbocycles. The highest BCUT2D eigenvalue weighted by atomic mass is 79.9. The molecule has 0 saturated carbocycles. The summed E-state index contributed by atoms with van der Waals surface area (Å²) < 4.78 is 67.5. The van der Waals surface area contributed by atoms with Crippen molar-refractivity contribution in [3.05, 3.63) is 0 Å². The van der Waals surface area contributed by atoms with E-state index in [1.807, 2.05) is 0 Å². The maximum absolute atomic E-state index is 12.5. The van der Waals surface area contributed by atoms with Gasteiger partial charge in [0, 0.05) is 0 Å². The van der Waals surface area contributed by atoms with Crippen molar-refractivity contribution in [2.45, 2.75) is 22.0 Å². The Kier molecular flexibility index (Phi) is 3.90. The number of alkyl halides is 8. The maximum atomic E-state index is 12.5. The third kappa shape index (κ3) is 2.51. The molecule has 0 amide bonds. The van der Waals surface area contributed by atoms with Gasteiger partial charge in [0.15, 0.2) is 0 Å². The van der Waals surface area contributed by atoms with Crippen LogP contribution >= 0.6 is 31.9 Å². The fraction of sp³-hybridized carbons (Fsp3) is 1.00. The molecule has 0 radical (unpaired) electrons. The second kappa shape index (κ2) is 3.73. The summed E-state index contributed by atoms with van der Waals surface area (Å²) in [6.45, 7) is 0. The van der Waals surface area contributed by atoms with Gasteiger partial charge in [-0.1, -0.05) is 0 Å². The lowest BCUT2D eigenvalue weighted by Gasteiger charge is -2.26. The van der Waals surface area contributed by atoms with E-state index in [2.05, 4.69) is 0 Å². The molecule has 0 N–H and O–H groups in total. The van der Waals surface area contributed by atoms with E-state index in [-0.39, 0.29) is 0 Å². The van der Waals surface area contributed by atoms with E-state index in [4.69, 9.17) is 0 Å². The lowest BCUT2D eigenvalue weighted by Crippen LogP contribution is -2.45. The van der Waals surface area contributed by atoms with Crippen LogP contribution in [0.3, 0.4) is 0 Å². The van der Waals surface area contributed by atoms with Gasteiger partial charge in [-0.05, 0) is 31.9 Å². The van der Waals surface area contributed by atoms with Gasteiger partial charge in [-0.2, -0.15) is 8.78 Å². The molecular formula is C4H2Br2F6. The summed E-state index contributed by atoms with van der Waals surface area (Å²) in [7, 11) is 0. The summed E-state index contributed by atoms with van der Waals surface area (Å²) in [6, 6.07) is 0. The highest BCUT2D eigenvalue weighted by molar-refractivity contribution is 9.12. The van der Waals surface area contributed by atoms with Crippen LogP contribution in [0.2, 0.25) is 0 Å².